The van der Waals surface area contributed by atoms with Gasteiger partial charge in [0.1, 0.15) is 0 Å². The fourth-order valence-corrected chi connectivity index (χ4v) is 2.50. The minimum atomic E-state index is -4.38. The number of rotatable bonds is 5. The Labute approximate surface area is 108 Å². The first-order valence-electron chi connectivity index (χ1n) is 5.48. The smallest absolute Gasteiger partial charge is 0.399 e. The highest BCUT2D eigenvalue weighted by Gasteiger charge is 2.33. The first-order valence-corrected chi connectivity index (χ1v) is 6.64. The van der Waals surface area contributed by atoms with Crippen LogP contribution in [0.4, 0.5) is 18.9 Å². The fourth-order valence-electron chi connectivity index (χ4n) is 1.41. The number of benzene rings is 1. The van der Waals surface area contributed by atoms with Crippen molar-refractivity contribution in [2.24, 2.45) is 5.92 Å². The summed E-state index contributed by atoms with van der Waals surface area (Å²) in [4.78, 5) is 0. The van der Waals surface area contributed by atoms with Gasteiger partial charge in [0.05, 0.1) is 5.56 Å². The summed E-state index contributed by atoms with van der Waals surface area (Å²) in [5.41, 5.74) is 5.05. The maximum absolute atomic E-state index is 12.8. The predicted molar refractivity (Wildman–Crippen MR) is 68.3 cm³/mol. The van der Waals surface area contributed by atoms with Crippen LogP contribution in [0.5, 0.6) is 0 Å². The number of nitrogen functional groups attached to an aromatic ring is 1. The molecule has 6 heteroatoms. The van der Waals surface area contributed by atoms with Crippen LogP contribution in [0.3, 0.4) is 0 Å². The predicted octanol–water partition coefficient (Wildman–Crippen LogP) is 3.15. The van der Waals surface area contributed by atoms with Gasteiger partial charge in [-0.05, 0) is 29.4 Å². The van der Waals surface area contributed by atoms with Gasteiger partial charge in [-0.1, -0.05) is 13.0 Å². The molecular weight excluding hydrogens is 263 g/mol. The third-order valence-corrected chi connectivity index (χ3v) is 3.73. The lowest BCUT2D eigenvalue weighted by Crippen LogP contribution is -2.10. The first kappa shape index (κ1) is 15.2. The number of thioether (sulfide) groups is 1. The Balaban J connectivity index is 2.76. The van der Waals surface area contributed by atoms with E-state index in [4.69, 9.17) is 10.8 Å². The molecular formula is C12H16F3NOS. The van der Waals surface area contributed by atoms with Crippen molar-refractivity contribution in [2.75, 3.05) is 18.1 Å². The maximum Gasteiger partial charge on any atom is 0.416 e. The second-order valence-electron chi connectivity index (χ2n) is 4.22. The van der Waals surface area contributed by atoms with Crippen molar-refractivity contribution in [1.29, 1.82) is 0 Å². The van der Waals surface area contributed by atoms with Crippen LogP contribution in [-0.2, 0) is 11.9 Å². The molecule has 1 atom stereocenters. The summed E-state index contributed by atoms with van der Waals surface area (Å²) in [5, 5.41) is 8.84. The molecule has 0 spiro atoms. The highest BCUT2D eigenvalue weighted by molar-refractivity contribution is 7.98. The standard InChI is InChI=1S/C12H16F3NOS/c1-8(5-17)6-18-7-9-2-3-10(16)4-11(9)12(13,14)15/h2-4,8,17H,5-7,16H2,1H3. The number of hydrogen-bond donors (Lipinski definition) is 2. The van der Waals surface area contributed by atoms with Gasteiger partial charge < -0.3 is 10.8 Å². The number of nitrogens with two attached hydrogens (primary N) is 1. The molecule has 0 amide bonds. The summed E-state index contributed by atoms with van der Waals surface area (Å²) >= 11 is 1.37. The number of halogens is 3. The number of aliphatic hydroxyl groups excluding tert-OH is 1. The summed E-state index contributed by atoms with van der Waals surface area (Å²) in [7, 11) is 0. The molecule has 0 fully saturated rings. The van der Waals surface area contributed by atoms with Gasteiger partial charge in [-0.2, -0.15) is 24.9 Å². The lowest BCUT2D eigenvalue weighted by Gasteiger charge is -2.14. The molecule has 1 rings (SSSR count). The van der Waals surface area contributed by atoms with Crippen LogP contribution in [0.1, 0.15) is 18.1 Å². The molecule has 0 aromatic heterocycles. The number of aliphatic hydroxyl groups is 1. The summed E-state index contributed by atoms with van der Waals surface area (Å²) < 4.78 is 38.3. The van der Waals surface area contributed by atoms with E-state index in [9.17, 15) is 13.2 Å². The van der Waals surface area contributed by atoms with Crippen molar-refractivity contribution in [3.63, 3.8) is 0 Å². The average Bonchev–Trinajstić information content (AvgIpc) is 2.29. The lowest BCUT2D eigenvalue weighted by molar-refractivity contribution is -0.138. The van der Waals surface area contributed by atoms with Crippen LogP contribution in [0.2, 0.25) is 0 Å². The van der Waals surface area contributed by atoms with E-state index in [2.05, 4.69) is 0 Å². The molecule has 0 radical (unpaired) electrons. The molecule has 1 aromatic rings. The molecule has 1 aromatic carbocycles. The highest BCUT2D eigenvalue weighted by atomic mass is 32.2. The third kappa shape index (κ3) is 4.42. The molecule has 0 aliphatic heterocycles. The first-order chi connectivity index (χ1) is 8.34. The molecule has 0 aliphatic carbocycles. The molecule has 0 bridgehead atoms. The van der Waals surface area contributed by atoms with E-state index in [1.165, 1.54) is 23.9 Å². The molecule has 0 saturated heterocycles. The lowest BCUT2D eigenvalue weighted by atomic mass is 10.1. The number of hydrogen-bond acceptors (Lipinski definition) is 3. The second-order valence-corrected chi connectivity index (χ2v) is 5.25. The maximum atomic E-state index is 12.8. The van der Waals surface area contributed by atoms with E-state index < -0.39 is 11.7 Å². The minimum absolute atomic E-state index is 0.0425. The molecule has 3 N–H and O–H groups in total. The van der Waals surface area contributed by atoms with Crippen molar-refractivity contribution in [2.45, 2.75) is 18.9 Å². The van der Waals surface area contributed by atoms with Gasteiger partial charge in [0.25, 0.3) is 0 Å². The van der Waals surface area contributed by atoms with Gasteiger partial charge in [-0.25, -0.2) is 0 Å². The highest BCUT2D eigenvalue weighted by Crippen LogP contribution is 2.35. The summed E-state index contributed by atoms with van der Waals surface area (Å²) in [6.07, 6.45) is -4.38. The largest absolute Gasteiger partial charge is 0.416 e. The Morgan fingerprint density at radius 2 is 2.06 bits per heavy atom. The summed E-state index contributed by atoms with van der Waals surface area (Å²) in [6, 6.07) is 3.85. The zero-order valence-corrected chi connectivity index (χ0v) is 10.8. The minimum Gasteiger partial charge on any atom is -0.399 e. The van der Waals surface area contributed by atoms with Crippen LogP contribution < -0.4 is 5.73 Å². The molecule has 2 nitrogen and oxygen atoms in total. The zero-order chi connectivity index (χ0) is 13.8. The van der Waals surface area contributed by atoms with E-state index >= 15 is 0 Å². The van der Waals surface area contributed by atoms with Crippen molar-refractivity contribution >= 4 is 17.4 Å². The zero-order valence-electron chi connectivity index (χ0n) is 10.00. The van der Waals surface area contributed by atoms with Crippen LogP contribution in [0.25, 0.3) is 0 Å². The van der Waals surface area contributed by atoms with E-state index in [1.807, 2.05) is 6.92 Å². The monoisotopic (exact) mass is 279 g/mol. The van der Waals surface area contributed by atoms with Crippen molar-refractivity contribution in [3.05, 3.63) is 29.3 Å². The molecule has 102 valence electrons. The van der Waals surface area contributed by atoms with Crippen LogP contribution >= 0.6 is 11.8 Å². The van der Waals surface area contributed by atoms with Gasteiger partial charge in [0.2, 0.25) is 0 Å². The van der Waals surface area contributed by atoms with E-state index in [0.29, 0.717) is 5.75 Å². The molecule has 0 heterocycles. The third-order valence-electron chi connectivity index (χ3n) is 2.41. The van der Waals surface area contributed by atoms with Gasteiger partial charge in [0.15, 0.2) is 0 Å². The SMILES string of the molecule is CC(CO)CSCc1ccc(N)cc1C(F)(F)F. The Hall–Kier alpha value is -0.880. The van der Waals surface area contributed by atoms with Gasteiger partial charge >= 0.3 is 6.18 Å². The Bertz CT molecular complexity index is 395. The molecule has 18 heavy (non-hydrogen) atoms. The van der Waals surface area contributed by atoms with E-state index in [0.717, 1.165) is 6.07 Å². The molecule has 1 unspecified atom stereocenters. The second kappa shape index (κ2) is 6.33. The Kier molecular flexibility index (Phi) is 5.34. The normalized spacial score (nSPS) is 13.6. The van der Waals surface area contributed by atoms with Gasteiger partial charge in [-0.15, -0.1) is 0 Å². The quantitative estimate of drug-likeness (QED) is 0.814. The summed E-state index contributed by atoms with van der Waals surface area (Å²) in [6.45, 7) is 1.89. The van der Waals surface area contributed by atoms with Crippen LogP contribution in [0.15, 0.2) is 18.2 Å². The van der Waals surface area contributed by atoms with Crippen molar-refractivity contribution in [3.8, 4) is 0 Å². The van der Waals surface area contributed by atoms with Crippen molar-refractivity contribution in [1.82, 2.24) is 0 Å². The summed E-state index contributed by atoms with van der Waals surface area (Å²) in [5.74, 6) is 0.968. The van der Waals surface area contributed by atoms with Crippen molar-refractivity contribution < 1.29 is 18.3 Å². The molecule has 0 aliphatic rings. The van der Waals surface area contributed by atoms with E-state index in [-0.39, 0.29) is 29.5 Å². The Morgan fingerprint density at radius 3 is 2.61 bits per heavy atom. The topological polar surface area (TPSA) is 46.2 Å². The van der Waals surface area contributed by atoms with Crippen LogP contribution in [0, 0.1) is 5.92 Å². The fraction of sp³-hybridized carbons (Fsp3) is 0.500. The van der Waals surface area contributed by atoms with Gasteiger partial charge in [0, 0.05) is 18.0 Å². The Morgan fingerprint density at radius 1 is 1.39 bits per heavy atom. The van der Waals surface area contributed by atoms with E-state index in [1.54, 1.807) is 0 Å². The van der Waals surface area contributed by atoms with Crippen LogP contribution in [-0.4, -0.2) is 17.5 Å². The number of anilines is 1. The van der Waals surface area contributed by atoms with Gasteiger partial charge in [-0.3, -0.25) is 0 Å². The number of alkyl halides is 3. The average molecular weight is 279 g/mol. The molecule has 0 saturated carbocycles.